The molecule has 2 heteroatoms. The summed E-state index contributed by atoms with van der Waals surface area (Å²) in [6.45, 7) is 2.16. The zero-order valence-corrected chi connectivity index (χ0v) is 15.3. The second kappa shape index (κ2) is 18.7. The van der Waals surface area contributed by atoms with Gasteiger partial charge in [0.15, 0.2) is 0 Å². The molecule has 0 amide bonds. The Kier molecular flexibility index (Phi) is 17.7. The summed E-state index contributed by atoms with van der Waals surface area (Å²) >= 11 is 0. The molecule has 0 aromatic carbocycles. The first-order valence-corrected chi connectivity index (χ1v) is 9.33. The highest BCUT2D eigenvalue weighted by Gasteiger charge is 1.98. The molecule has 0 atom stereocenters. The van der Waals surface area contributed by atoms with Crippen molar-refractivity contribution in [3.8, 4) is 0 Å². The second-order valence-corrected chi connectivity index (χ2v) is 5.88. The zero-order chi connectivity index (χ0) is 17.0. The van der Waals surface area contributed by atoms with E-state index < -0.39 is 0 Å². The number of carbonyl (C=O) groups is 1. The monoisotopic (exact) mass is 320 g/mol. The van der Waals surface area contributed by atoms with Crippen LogP contribution in [0, 0.1) is 0 Å². The van der Waals surface area contributed by atoms with E-state index in [1.165, 1.54) is 45.6 Å². The van der Waals surface area contributed by atoms with Crippen LogP contribution >= 0.6 is 0 Å². The number of rotatable bonds is 15. The van der Waals surface area contributed by atoms with E-state index in [-0.39, 0.29) is 5.97 Å². The van der Waals surface area contributed by atoms with Crippen LogP contribution in [0.2, 0.25) is 0 Å². The van der Waals surface area contributed by atoms with E-state index in [0.29, 0.717) is 6.42 Å². The van der Waals surface area contributed by atoms with Crippen LogP contribution in [-0.2, 0) is 9.53 Å². The van der Waals surface area contributed by atoms with E-state index in [4.69, 9.17) is 0 Å². The van der Waals surface area contributed by atoms with Gasteiger partial charge in [-0.3, -0.25) is 4.79 Å². The average molecular weight is 321 g/mol. The Hall–Kier alpha value is -1.31. The Morgan fingerprint density at radius 2 is 1.26 bits per heavy atom. The van der Waals surface area contributed by atoms with Crippen LogP contribution in [0.25, 0.3) is 0 Å². The predicted octanol–water partition coefficient (Wildman–Crippen LogP) is 6.53. The highest BCUT2D eigenvalue weighted by molar-refractivity contribution is 5.68. The summed E-state index contributed by atoms with van der Waals surface area (Å²) < 4.78 is 4.63. The maximum atomic E-state index is 10.9. The van der Waals surface area contributed by atoms with Crippen molar-refractivity contribution < 1.29 is 9.53 Å². The van der Waals surface area contributed by atoms with Crippen LogP contribution in [0.4, 0.5) is 0 Å². The standard InChI is InChI=1S/C21H36O2/c1-3-4-5-6-7-8-9-10-11-12-13-14-15-16-17-18-19-20-21(22)23-2/h4-5,7-8,10-11H,3,6,9,12-20H2,1-2H3/b5-4-,8-7+,11-10-. The number of carbonyl (C=O) groups excluding carboxylic acids is 1. The van der Waals surface area contributed by atoms with Gasteiger partial charge in [-0.05, 0) is 38.5 Å². The lowest BCUT2D eigenvalue weighted by Gasteiger charge is -2.01. The maximum Gasteiger partial charge on any atom is 0.305 e. The Bertz CT molecular complexity index is 340. The Morgan fingerprint density at radius 1 is 0.739 bits per heavy atom. The summed E-state index contributed by atoms with van der Waals surface area (Å²) in [4.78, 5) is 10.9. The van der Waals surface area contributed by atoms with Gasteiger partial charge >= 0.3 is 5.97 Å². The summed E-state index contributed by atoms with van der Waals surface area (Å²) in [5, 5.41) is 0. The predicted molar refractivity (Wildman–Crippen MR) is 101 cm³/mol. The zero-order valence-electron chi connectivity index (χ0n) is 15.3. The quantitative estimate of drug-likeness (QED) is 0.195. The lowest BCUT2D eigenvalue weighted by Crippen LogP contribution is -1.99. The minimum absolute atomic E-state index is 0.0796. The molecule has 0 radical (unpaired) electrons. The molecule has 0 aromatic heterocycles. The molecule has 23 heavy (non-hydrogen) atoms. The number of hydrogen-bond donors (Lipinski definition) is 0. The first kappa shape index (κ1) is 21.7. The molecule has 0 saturated heterocycles. The highest BCUT2D eigenvalue weighted by atomic mass is 16.5. The van der Waals surface area contributed by atoms with Crippen molar-refractivity contribution in [2.45, 2.75) is 84.0 Å². The largest absolute Gasteiger partial charge is 0.469 e. The second-order valence-electron chi connectivity index (χ2n) is 5.88. The lowest BCUT2D eigenvalue weighted by molar-refractivity contribution is -0.140. The van der Waals surface area contributed by atoms with Gasteiger partial charge in [0.1, 0.15) is 0 Å². The van der Waals surface area contributed by atoms with Gasteiger partial charge in [-0.15, -0.1) is 0 Å². The smallest absolute Gasteiger partial charge is 0.305 e. The number of esters is 1. The fraction of sp³-hybridized carbons (Fsp3) is 0.667. The van der Waals surface area contributed by atoms with Crippen molar-refractivity contribution in [1.82, 2.24) is 0 Å². The molecular weight excluding hydrogens is 284 g/mol. The number of ether oxygens (including phenoxy) is 1. The molecule has 0 unspecified atom stereocenters. The molecule has 0 saturated carbocycles. The first-order valence-electron chi connectivity index (χ1n) is 9.33. The Labute approximate surface area is 143 Å². The fourth-order valence-corrected chi connectivity index (χ4v) is 2.34. The molecule has 132 valence electrons. The Morgan fingerprint density at radius 3 is 1.87 bits per heavy atom. The van der Waals surface area contributed by atoms with E-state index in [1.807, 2.05) is 0 Å². The third-order valence-corrected chi connectivity index (χ3v) is 3.76. The average Bonchev–Trinajstić information content (AvgIpc) is 2.57. The van der Waals surface area contributed by atoms with Crippen molar-refractivity contribution in [1.29, 1.82) is 0 Å². The molecule has 0 fully saturated rings. The van der Waals surface area contributed by atoms with Crippen molar-refractivity contribution in [2.24, 2.45) is 0 Å². The van der Waals surface area contributed by atoms with Gasteiger partial charge in [-0.25, -0.2) is 0 Å². The molecule has 0 aliphatic heterocycles. The lowest BCUT2D eigenvalue weighted by atomic mass is 10.1. The normalized spacial score (nSPS) is 11.9. The van der Waals surface area contributed by atoms with Gasteiger partial charge in [0, 0.05) is 6.42 Å². The number of unbranched alkanes of at least 4 members (excludes halogenated alkanes) is 7. The molecular formula is C21H36O2. The minimum Gasteiger partial charge on any atom is -0.469 e. The number of hydrogen-bond acceptors (Lipinski definition) is 2. The van der Waals surface area contributed by atoms with Crippen LogP contribution < -0.4 is 0 Å². The molecule has 0 aromatic rings. The van der Waals surface area contributed by atoms with Crippen molar-refractivity contribution in [3.63, 3.8) is 0 Å². The molecule has 0 N–H and O–H groups in total. The third-order valence-electron chi connectivity index (χ3n) is 3.76. The minimum atomic E-state index is -0.0796. The summed E-state index contributed by atoms with van der Waals surface area (Å²) in [6, 6.07) is 0. The third kappa shape index (κ3) is 18.6. The summed E-state index contributed by atoms with van der Waals surface area (Å²) in [5.74, 6) is -0.0796. The SMILES string of the molecule is CC/C=C\C/C=C/C/C=C\CCCCCCCCCC(=O)OC. The maximum absolute atomic E-state index is 10.9. The first-order chi connectivity index (χ1) is 11.3. The van der Waals surface area contributed by atoms with Gasteiger partial charge in [0.2, 0.25) is 0 Å². The molecule has 0 heterocycles. The topological polar surface area (TPSA) is 26.3 Å². The molecule has 0 bridgehead atoms. The molecule has 0 rings (SSSR count). The van der Waals surface area contributed by atoms with Gasteiger partial charge in [0.05, 0.1) is 7.11 Å². The molecule has 0 spiro atoms. The van der Waals surface area contributed by atoms with Crippen LogP contribution in [-0.4, -0.2) is 13.1 Å². The van der Waals surface area contributed by atoms with Gasteiger partial charge in [0.25, 0.3) is 0 Å². The fourth-order valence-electron chi connectivity index (χ4n) is 2.34. The van der Waals surface area contributed by atoms with E-state index in [1.54, 1.807) is 0 Å². The molecule has 2 nitrogen and oxygen atoms in total. The Balaban J connectivity index is 3.22. The van der Waals surface area contributed by atoms with E-state index in [2.05, 4.69) is 48.1 Å². The van der Waals surface area contributed by atoms with Gasteiger partial charge in [-0.2, -0.15) is 0 Å². The number of methoxy groups -OCH3 is 1. The van der Waals surface area contributed by atoms with Crippen LogP contribution in [0.15, 0.2) is 36.5 Å². The van der Waals surface area contributed by atoms with Crippen LogP contribution in [0.1, 0.15) is 84.0 Å². The molecule has 0 aliphatic carbocycles. The summed E-state index contributed by atoms with van der Waals surface area (Å²) in [7, 11) is 1.46. The summed E-state index contributed by atoms with van der Waals surface area (Å²) in [5.41, 5.74) is 0. The van der Waals surface area contributed by atoms with Crippen molar-refractivity contribution >= 4 is 5.97 Å². The highest BCUT2D eigenvalue weighted by Crippen LogP contribution is 2.10. The van der Waals surface area contributed by atoms with Crippen LogP contribution in [0.3, 0.4) is 0 Å². The van der Waals surface area contributed by atoms with Crippen LogP contribution in [0.5, 0.6) is 0 Å². The van der Waals surface area contributed by atoms with Crippen molar-refractivity contribution in [3.05, 3.63) is 36.5 Å². The summed E-state index contributed by atoms with van der Waals surface area (Å²) in [6.07, 6.45) is 27.1. The van der Waals surface area contributed by atoms with E-state index in [0.717, 1.165) is 32.1 Å². The van der Waals surface area contributed by atoms with E-state index in [9.17, 15) is 4.79 Å². The van der Waals surface area contributed by atoms with Gasteiger partial charge in [-0.1, -0.05) is 75.5 Å². The van der Waals surface area contributed by atoms with Crippen molar-refractivity contribution in [2.75, 3.05) is 7.11 Å². The number of allylic oxidation sites excluding steroid dienone is 6. The molecule has 0 aliphatic rings. The van der Waals surface area contributed by atoms with Gasteiger partial charge < -0.3 is 4.74 Å². The van der Waals surface area contributed by atoms with E-state index >= 15 is 0 Å².